The number of hydrogen-bond donors (Lipinski definition) is 2. The second kappa shape index (κ2) is 6.84. The number of phenols is 1. The molecule has 1 heterocycles. The van der Waals surface area contributed by atoms with E-state index in [9.17, 15) is 9.90 Å². The van der Waals surface area contributed by atoms with Crippen LogP contribution in [0.4, 0.5) is 0 Å². The fraction of sp³-hybridized carbons (Fsp3) is 0.263. The first-order chi connectivity index (χ1) is 11.5. The van der Waals surface area contributed by atoms with Gasteiger partial charge in [0.2, 0.25) is 0 Å². The molecular formula is C19H21N3O2. The molecule has 0 saturated heterocycles. The van der Waals surface area contributed by atoms with Crippen LogP contribution < -0.4 is 10.9 Å². The Bertz CT molecular complexity index is 904. The first kappa shape index (κ1) is 16.2. The molecule has 5 heteroatoms. The number of benzene rings is 2. The highest BCUT2D eigenvalue weighted by molar-refractivity contribution is 5.80. The minimum atomic E-state index is -0.0771. The highest BCUT2D eigenvalue weighted by Crippen LogP contribution is 2.18. The van der Waals surface area contributed by atoms with Gasteiger partial charge in [0.05, 0.1) is 18.1 Å². The molecule has 0 saturated carbocycles. The molecule has 0 aliphatic heterocycles. The summed E-state index contributed by atoms with van der Waals surface area (Å²) in [5.74, 6) is 0.251. The Balaban J connectivity index is 1.74. The molecule has 2 unspecified atom stereocenters. The molecule has 2 aromatic carbocycles. The van der Waals surface area contributed by atoms with E-state index in [1.807, 2.05) is 50.2 Å². The van der Waals surface area contributed by atoms with Crippen LogP contribution in [0, 0.1) is 0 Å². The van der Waals surface area contributed by atoms with Crippen LogP contribution in [0.1, 0.15) is 25.5 Å². The van der Waals surface area contributed by atoms with Gasteiger partial charge in [0.15, 0.2) is 0 Å². The monoisotopic (exact) mass is 323 g/mol. The highest BCUT2D eigenvalue weighted by atomic mass is 16.3. The van der Waals surface area contributed by atoms with E-state index in [1.165, 1.54) is 4.68 Å². The number of fused-ring (bicyclic) bond motifs is 1. The maximum Gasteiger partial charge on any atom is 0.274 e. The van der Waals surface area contributed by atoms with Crippen molar-refractivity contribution in [1.82, 2.24) is 15.1 Å². The molecule has 0 amide bonds. The SMILES string of the molecule is CC(Cn1ncc2ccccc2c1=O)NC(C)c1cccc(O)c1. The van der Waals surface area contributed by atoms with Gasteiger partial charge >= 0.3 is 0 Å². The predicted molar refractivity (Wildman–Crippen MR) is 95.1 cm³/mol. The van der Waals surface area contributed by atoms with Crippen LogP contribution in [0.5, 0.6) is 5.75 Å². The standard InChI is InChI=1S/C19H21N3O2/c1-13(21-14(2)15-7-5-8-17(23)10-15)12-22-19(24)18-9-4-3-6-16(18)11-20-22/h3-11,13-14,21,23H,12H2,1-2H3. The van der Waals surface area contributed by atoms with E-state index >= 15 is 0 Å². The Hall–Kier alpha value is -2.66. The number of aromatic nitrogens is 2. The predicted octanol–water partition coefficient (Wildman–Crippen LogP) is 2.84. The van der Waals surface area contributed by atoms with Crippen LogP contribution in [-0.2, 0) is 6.54 Å². The third kappa shape index (κ3) is 3.46. The molecule has 0 fully saturated rings. The summed E-state index contributed by atoms with van der Waals surface area (Å²) in [6, 6.07) is 14.8. The van der Waals surface area contributed by atoms with Crippen LogP contribution in [0.25, 0.3) is 10.8 Å². The molecule has 3 aromatic rings. The third-order valence-corrected chi connectivity index (χ3v) is 4.11. The van der Waals surface area contributed by atoms with Gasteiger partial charge < -0.3 is 10.4 Å². The van der Waals surface area contributed by atoms with Gasteiger partial charge in [-0.05, 0) is 37.6 Å². The fourth-order valence-electron chi connectivity index (χ4n) is 2.89. The lowest BCUT2D eigenvalue weighted by atomic mass is 10.1. The zero-order chi connectivity index (χ0) is 17.1. The minimum Gasteiger partial charge on any atom is -0.508 e. The maximum absolute atomic E-state index is 12.5. The summed E-state index contributed by atoms with van der Waals surface area (Å²) in [6.45, 7) is 4.53. The molecule has 5 nitrogen and oxygen atoms in total. The van der Waals surface area contributed by atoms with Crippen LogP contribution in [-0.4, -0.2) is 20.9 Å². The summed E-state index contributed by atoms with van der Waals surface area (Å²) in [6.07, 6.45) is 1.72. The normalized spacial score (nSPS) is 13.8. The number of rotatable bonds is 5. The molecular weight excluding hydrogens is 302 g/mol. The van der Waals surface area contributed by atoms with E-state index in [1.54, 1.807) is 18.3 Å². The summed E-state index contributed by atoms with van der Waals surface area (Å²) >= 11 is 0. The van der Waals surface area contributed by atoms with E-state index in [2.05, 4.69) is 10.4 Å². The minimum absolute atomic E-state index is 0.0497. The van der Waals surface area contributed by atoms with Crippen molar-refractivity contribution in [3.05, 3.63) is 70.6 Å². The van der Waals surface area contributed by atoms with Crippen molar-refractivity contribution in [2.24, 2.45) is 0 Å². The van der Waals surface area contributed by atoms with E-state index in [-0.39, 0.29) is 23.4 Å². The highest BCUT2D eigenvalue weighted by Gasteiger charge is 2.12. The van der Waals surface area contributed by atoms with Gasteiger partial charge in [-0.2, -0.15) is 5.10 Å². The molecule has 1 aromatic heterocycles. The van der Waals surface area contributed by atoms with Crippen LogP contribution in [0.3, 0.4) is 0 Å². The van der Waals surface area contributed by atoms with Crippen LogP contribution in [0.2, 0.25) is 0 Å². The summed E-state index contributed by atoms with van der Waals surface area (Å²) in [5.41, 5.74) is 0.924. The van der Waals surface area contributed by atoms with E-state index in [0.717, 1.165) is 10.9 Å². The molecule has 2 N–H and O–H groups in total. The Kier molecular flexibility index (Phi) is 4.62. The first-order valence-corrected chi connectivity index (χ1v) is 8.04. The molecule has 24 heavy (non-hydrogen) atoms. The number of phenolic OH excluding ortho intramolecular Hbond substituents is 1. The average Bonchev–Trinajstić information content (AvgIpc) is 2.57. The van der Waals surface area contributed by atoms with Gasteiger partial charge in [-0.3, -0.25) is 4.79 Å². The summed E-state index contributed by atoms with van der Waals surface area (Å²) in [5, 5.41) is 18.8. The summed E-state index contributed by atoms with van der Waals surface area (Å²) in [4.78, 5) is 12.5. The van der Waals surface area contributed by atoms with Crippen molar-refractivity contribution >= 4 is 10.8 Å². The van der Waals surface area contributed by atoms with E-state index in [4.69, 9.17) is 0 Å². The zero-order valence-corrected chi connectivity index (χ0v) is 13.8. The average molecular weight is 323 g/mol. The van der Waals surface area contributed by atoms with Crippen molar-refractivity contribution in [2.45, 2.75) is 32.5 Å². The zero-order valence-electron chi connectivity index (χ0n) is 13.8. The van der Waals surface area contributed by atoms with Crippen molar-refractivity contribution in [3.63, 3.8) is 0 Å². The first-order valence-electron chi connectivity index (χ1n) is 8.04. The Morgan fingerprint density at radius 1 is 1.17 bits per heavy atom. The number of nitrogens with one attached hydrogen (secondary N) is 1. The molecule has 0 radical (unpaired) electrons. The quantitative estimate of drug-likeness (QED) is 0.758. The van der Waals surface area contributed by atoms with Gasteiger partial charge in [0, 0.05) is 17.5 Å². The van der Waals surface area contributed by atoms with Crippen LogP contribution >= 0.6 is 0 Å². The van der Waals surface area contributed by atoms with Crippen molar-refractivity contribution < 1.29 is 5.11 Å². The number of nitrogens with zero attached hydrogens (tertiary/aromatic N) is 2. The molecule has 0 aliphatic carbocycles. The van der Waals surface area contributed by atoms with Gasteiger partial charge in [-0.1, -0.05) is 30.3 Å². The van der Waals surface area contributed by atoms with E-state index in [0.29, 0.717) is 11.9 Å². The molecule has 0 bridgehead atoms. The Morgan fingerprint density at radius 2 is 1.96 bits per heavy atom. The maximum atomic E-state index is 12.5. The molecule has 0 aliphatic rings. The summed E-state index contributed by atoms with van der Waals surface area (Å²) < 4.78 is 1.50. The Labute approximate surface area is 140 Å². The smallest absolute Gasteiger partial charge is 0.274 e. The molecule has 3 rings (SSSR count). The molecule has 2 atom stereocenters. The summed E-state index contributed by atoms with van der Waals surface area (Å²) in [7, 11) is 0. The van der Waals surface area contributed by atoms with Crippen molar-refractivity contribution in [3.8, 4) is 5.75 Å². The number of aromatic hydroxyl groups is 1. The van der Waals surface area contributed by atoms with Gasteiger partial charge in [0.1, 0.15) is 5.75 Å². The lowest BCUT2D eigenvalue weighted by Gasteiger charge is -2.21. The van der Waals surface area contributed by atoms with Gasteiger partial charge in [-0.25, -0.2) is 4.68 Å². The second-order valence-electron chi connectivity index (χ2n) is 6.10. The number of hydrogen-bond acceptors (Lipinski definition) is 4. The van der Waals surface area contributed by atoms with Crippen molar-refractivity contribution in [1.29, 1.82) is 0 Å². The lowest BCUT2D eigenvalue weighted by Crippen LogP contribution is -2.36. The topological polar surface area (TPSA) is 67.2 Å². The van der Waals surface area contributed by atoms with Crippen molar-refractivity contribution in [2.75, 3.05) is 0 Å². The Morgan fingerprint density at radius 3 is 2.75 bits per heavy atom. The fourth-order valence-corrected chi connectivity index (χ4v) is 2.89. The largest absolute Gasteiger partial charge is 0.508 e. The van der Waals surface area contributed by atoms with Crippen LogP contribution in [0.15, 0.2) is 59.5 Å². The van der Waals surface area contributed by atoms with Gasteiger partial charge in [-0.15, -0.1) is 0 Å². The molecule has 0 spiro atoms. The van der Waals surface area contributed by atoms with Gasteiger partial charge in [0.25, 0.3) is 5.56 Å². The molecule has 124 valence electrons. The lowest BCUT2D eigenvalue weighted by molar-refractivity contribution is 0.403. The second-order valence-corrected chi connectivity index (χ2v) is 6.10. The third-order valence-electron chi connectivity index (χ3n) is 4.11. The van der Waals surface area contributed by atoms with E-state index < -0.39 is 0 Å².